The second-order valence-corrected chi connectivity index (χ2v) is 9.63. The van der Waals surface area contributed by atoms with Crippen LogP contribution in [-0.2, 0) is 29.5 Å². The monoisotopic (exact) mass is 544 g/mol. The molecule has 0 spiro atoms. The Bertz CT molecular complexity index is 1320. The number of nitrogens with zero attached hydrogens (tertiary/aromatic N) is 3. The summed E-state index contributed by atoms with van der Waals surface area (Å²) in [6.45, 7) is 5.29. The maximum absolute atomic E-state index is 13.3. The van der Waals surface area contributed by atoms with Crippen LogP contribution in [0.2, 0.25) is 10.0 Å². The molecule has 0 saturated carbocycles. The second-order valence-electron chi connectivity index (χ2n) is 8.79. The van der Waals surface area contributed by atoms with Crippen molar-refractivity contribution in [2.75, 3.05) is 25.0 Å². The van der Waals surface area contributed by atoms with Crippen LogP contribution < -0.4 is 10.9 Å². The molecule has 1 aromatic heterocycles. The summed E-state index contributed by atoms with van der Waals surface area (Å²) in [5, 5.41) is 4.28. The molecule has 8 nitrogen and oxygen atoms in total. The Labute approximate surface area is 226 Å². The lowest BCUT2D eigenvalue weighted by Gasteiger charge is -2.24. The minimum atomic E-state index is -0.409. The maximum Gasteiger partial charge on any atom is 0.410 e. The van der Waals surface area contributed by atoms with E-state index in [0.29, 0.717) is 53.2 Å². The summed E-state index contributed by atoms with van der Waals surface area (Å²) in [5.74, 6) is 0.579. The van der Waals surface area contributed by atoms with Gasteiger partial charge in [-0.1, -0.05) is 60.5 Å². The maximum atomic E-state index is 13.3. The van der Waals surface area contributed by atoms with E-state index in [1.165, 1.54) is 4.57 Å². The van der Waals surface area contributed by atoms with Crippen LogP contribution in [0.3, 0.4) is 0 Å². The Hall–Kier alpha value is -3.07. The molecule has 37 heavy (non-hydrogen) atoms. The zero-order chi connectivity index (χ0) is 26.5. The highest BCUT2D eigenvalue weighted by molar-refractivity contribution is 6.36. The quantitative estimate of drug-likeness (QED) is 0.421. The third-order valence-electron chi connectivity index (χ3n) is 6.32. The Morgan fingerprint density at radius 3 is 2.57 bits per heavy atom. The molecule has 1 fully saturated rings. The Morgan fingerprint density at radius 1 is 1.14 bits per heavy atom. The molecule has 0 radical (unpaired) electrons. The first-order chi connectivity index (χ1) is 17.8. The van der Waals surface area contributed by atoms with Crippen molar-refractivity contribution in [2.45, 2.75) is 39.0 Å². The predicted molar refractivity (Wildman–Crippen MR) is 145 cm³/mol. The third-order valence-corrected chi connectivity index (χ3v) is 6.86. The Kier molecular flexibility index (Phi) is 8.74. The topological polar surface area (TPSA) is 85.7 Å². The number of carbonyl (C=O) groups is 1. The van der Waals surface area contributed by atoms with Crippen molar-refractivity contribution in [1.29, 1.82) is 0 Å². The van der Waals surface area contributed by atoms with Gasteiger partial charge in [-0.05, 0) is 37.1 Å². The molecule has 1 amide bonds. The number of anilines is 1. The second kappa shape index (κ2) is 12.0. The Balaban J connectivity index is 1.56. The molecule has 1 aliphatic heterocycles. The van der Waals surface area contributed by atoms with E-state index in [1.807, 2.05) is 44.2 Å². The number of likely N-dealkylation sites (tertiary alicyclic amines) is 1. The Morgan fingerprint density at radius 2 is 1.89 bits per heavy atom. The van der Waals surface area contributed by atoms with E-state index in [9.17, 15) is 9.59 Å². The lowest BCUT2D eigenvalue weighted by molar-refractivity contribution is 0.0579. The average Bonchev–Trinajstić information content (AvgIpc) is 3.29. The first kappa shape index (κ1) is 27.0. The number of nitrogens with one attached hydrogen (secondary N) is 1. The summed E-state index contributed by atoms with van der Waals surface area (Å²) in [6, 6.07) is 14.2. The van der Waals surface area contributed by atoms with Gasteiger partial charge >= 0.3 is 6.09 Å². The molecule has 1 aliphatic rings. The van der Waals surface area contributed by atoms with Crippen molar-refractivity contribution in [1.82, 2.24) is 14.5 Å². The first-order valence-corrected chi connectivity index (χ1v) is 13.0. The number of rotatable bonds is 8. The van der Waals surface area contributed by atoms with Gasteiger partial charge in [0.25, 0.3) is 5.56 Å². The number of ether oxygens (including phenoxy) is 2. The van der Waals surface area contributed by atoms with E-state index in [2.05, 4.69) is 10.3 Å². The van der Waals surface area contributed by atoms with Gasteiger partial charge in [0.2, 0.25) is 0 Å². The van der Waals surface area contributed by atoms with Gasteiger partial charge < -0.3 is 19.7 Å². The van der Waals surface area contributed by atoms with Crippen molar-refractivity contribution >= 4 is 35.1 Å². The van der Waals surface area contributed by atoms with E-state index in [4.69, 9.17) is 32.7 Å². The molecular weight excluding hydrogens is 515 g/mol. The minimum absolute atomic E-state index is 0.195. The molecule has 2 atom stereocenters. The van der Waals surface area contributed by atoms with Crippen LogP contribution in [0.25, 0.3) is 11.3 Å². The molecule has 3 aromatic rings. The molecule has 196 valence electrons. The summed E-state index contributed by atoms with van der Waals surface area (Å²) in [7, 11) is 1.69. The highest BCUT2D eigenvalue weighted by Gasteiger charge is 2.37. The lowest BCUT2D eigenvalue weighted by Crippen LogP contribution is -2.37. The van der Waals surface area contributed by atoms with E-state index in [-0.39, 0.29) is 30.0 Å². The van der Waals surface area contributed by atoms with Gasteiger partial charge in [-0.15, -0.1) is 0 Å². The molecule has 2 aromatic carbocycles. The molecule has 1 unspecified atom stereocenters. The van der Waals surface area contributed by atoms with E-state index < -0.39 is 6.09 Å². The number of aromatic nitrogens is 2. The number of aryl methyl sites for hydroxylation is 1. The summed E-state index contributed by atoms with van der Waals surface area (Å²) >= 11 is 12.4. The molecule has 0 bridgehead atoms. The minimum Gasteiger partial charge on any atom is -0.445 e. The van der Waals surface area contributed by atoms with Gasteiger partial charge in [-0.25, -0.2) is 9.78 Å². The van der Waals surface area contributed by atoms with Crippen molar-refractivity contribution < 1.29 is 14.3 Å². The van der Waals surface area contributed by atoms with Crippen LogP contribution in [0.1, 0.15) is 25.1 Å². The normalized spacial score (nSPS) is 17.2. The van der Waals surface area contributed by atoms with Gasteiger partial charge in [0, 0.05) is 30.8 Å². The number of hydrogen-bond acceptors (Lipinski definition) is 6. The highest BCUT2D eigenvalue weighted by atomic mass is 35.5. The number of amides is 1. The fourth-order valence-corrected chi connectivity index (χ4v) is 4.90. The molecule has 2 heterocycles. The molecule has 4 rings (SSSR count). The van der Waals surface area contributed by atoms with Crippen molar-refractivity contribution in [3.63, 3.8) is 0 Å². The van der Waals surface area contributed by atoms with E-state index in [0.717, 1.165) is 5.56 Å². The van der Waals surface area contributed by atoms with Crippen LogP contribution in [0.5, 0.6) is 0 Å². The van der Waals surface area contributed by atoms with Crippen LogP contribution >= 0.6 is 23.2 Å². The summed E-state index contributed by atoms with van der Waals surface area (Å²) < 4.78 is 13.0. The SMILES string of the molecule is CCO[C@H]1CN(C(=O)OCc2ccccc2)CC1Nc1c(CC)nc(-c2ccc(Cl)cc2Cl)c(=O)n1C. The largest absolute Gasteiger partial charge is 0.445 e. The van der Waals surface area contributed by atoms with Crippen molar-refractivity contribution in [3.8, 4) is 11.3 Å². The zero-order valence-corrected chi connectivity index (χ0v) is 22.6. The van der Waals surface area contributed by atoms with Crippen LogP contribution in [0, 0.1) is 0 Å². The zero-order valence-electron chi connectivity index (χ0n) is 21.0. The average molecular weight is 545 g/mol. The van der Waals surface area contributed by atoms with Gasteiger partial charge in [0.1, 0.15) is 18.1 Å². The fourth-order valence-electron chi connectivity index (χ4n) is 4.40. The van der Waals surface area contributed by atoms with Crippen molar-refractivity contribution in [3.05, 3.63) is 80.2 Å². The standard InChI is InChI=1S/C27H30Cl2N4O4/c1-4-21-25(32(3)26(34)24(30-21)19-12-11-18(28)13-20(19)29)31-22-14-33(15-23(22)36-5-2)27(35)37-16-17-9-7-6-8-10-17/h6-13,22-23,31H,4-5,14-16H2,1-3H3/t22?,23-/m0/s1. The number of benzene rings is 2. The summed E-state index contributed by atoms with van der Waals surface area (Å²) in [5.41, 5.74) is 2.09. The van der Waals surface area contributed by atoms with Gasteiger partial charge in [-0.3, -0.25) is 9.36 Å². The van der Waals surface area contributed by atoms with E-state index >= 15 is 0 Å². The molecule has 1 saturated heterocycles. The van der Waals surface area contributed by atoms with E-state index in [1.54, 1.807) is 30.1 Å². The highest BCUT2D eigenvalue weighted by Crippen LogP contribution is 2.29. The smallest absolute Gasteiger partial charge is 0.410 e. The van der Waals surface area contributed by atoms with Crippen molar-refractivity contribution in [2.24, 2.45) is 7.05 Å². The summed E-state index contributed by atoms with van der Waals surface area (Å²) in [6.07, 6.45) is -0.114. The van der Waals surface area contributed by atoms with Gasteiger partial charge in [0.15, 0.2) is 0 Å². The molecular formula is C27H30Cl2N4O4. The number of halogens is 2. The number of hydrogen-bond donors (Lipinski definition) is 1. The predicted octanol–water partition coefficient (Wildman–Crippen LogP) is 5.15. The third kappa shape index (κ3) is 6.09. The van der Waals surface area contributed by atoms with Crippen LogP contribution in [0.4, 0.5) is 10.6 Å². The molecule has 10 heteroatoms. The molecule has 0 aliphatic carbocycles. The van der Waals surface area contributed by atoms with Gasteiger partial charge in [-0.2, -0.15) is 0 Å². The number of carbonyl (C=O) groups excluding carboxylic acids is 1. The first-order valence-electron chi connectivity index (χ1n) is 12.2. The lowest BCUT2D eigenvalue weighted by atomic mass is 10.1. The van der Waals surface area contributed by atoms with Gasteiger partial charge in [0.05, 0.1) is 29.4 Å². The summed E-state index contributed by atoms with van der Waals surface area (Å²) in [4.78, 5) is 32.4. The van der Waals surface area contributed by atoms with Crippen LogP contribution in [0.15, 0.2) is 53.3 Å². The molecule has 1 N–H and O–H groups in total. The fraction of sp³-hybridized carbons (Fsp3) is 0.370. The van der Waals surface area contributed by atoms with Crippen LogP contribution in [-0.4, -0.2) is 52.4 Å².